The Morgan fingerprint density at radius 1 is 1.43 bits per heavy atom. The second-order valence-corrected chi connectivity index (χ2v) is 6.17. The van der Waals surface area contributed by atoms with Gasteiger partial charge in [-0.25, -0.2) is 4.79 Å². The summed E-state index contributed by atoms with van der Waals surface area (Å²) in [5.41, 5.74) is -0.110. The Kier molecular flexibility index (Phi) is 4.69. The third-order valence-corrected chi connectivity index (χ3v) is 4.35. The highest BCUT2D eigenvalue weighted by Gasteiger charge is 2.24. The van der Waals surface area contributed by atoms with Crippen LogP contribution >= 0.6 is 11.3 Å². The number of thiophene rings is 1. The van der Waals surface area contributed by atoms with Crippen LogP contribution in [0.5, 0.6) is 0 Å². The van der Waals surface area contributed by atoms with E-state index < -0.39 is 5.60 Å². The second kappa shape index (κ2) is 6.32. The zero-order valence-corrected chi connectivity index (χ0v) is 13.2. The molecule has 2 heterocycles. The largest absolute Gasteiger partial charge is 0.466 e. The molecule has 0 saturated heterocycles. The second-order valence-electron chi connectivity index (χ2n) is 5.23. The lowest BCUT2D eigenvalue weighted by Gasteiger charge is -2.22. The predicted octanol–water partition coefficient (Wildman–Crippen LogP) is 2.66. The standard InChI is InChI=1S/C15H20N2O3S/c1-10-7-12(11(2)20-10)8-16-14(18)17-9-15(3,19)13-5-4-6-21-13/h4-7,19H,8-9H2,1-3H3,(H2,16,17,18)/t15-/m1/s1. The number of aryl methyl sites for hydroxylation is 2. The molecular formula is C15H20N2O3S. The number of carbonyl (C=O) groups excluding carboxylic acids is 1. The zero-order chi connectivity index (χ0) is 15.5. The van der Waals surface area contributed by atoms with Crippen molar-refractivity contribution in [2.75, 3.05) is 6.54 Å². The Morgan fingerprint density at radius 3 is 2.76 bits per heavy atom. The predicted molar refractivity (Wildman–Crippen MR) is 82.3 cm³/mol. The molecule has 6 heteroatoms. The number of aliphatic hydroxyl groups is 1. The average molecular weight is 308 g/mol. The van der Waals surface area contributed by atoms with E-state index in [0.29, 0.717) is 6.54 Å². The summed E-state index contributed by atoms with van der Waals surface area (Å²) in [5, 5.41) is 17.6. The molecule has 0 unspecified atom stereocenters. The first-order valence-electron chi connectivity index (χ1n) is 6.72. The molecule has 0 aromatic carbocycles. The van der Waals surface area contributed by atoms with Crippen molar-refractivity contribution in [2.24, 2.45) is 0 Å². The zero-order valence-electron chi connectivity index (χ0n) is 12.4. The molecule has 114 valence electrons. The van der Waals surface area contributed by atoms with Crippen LogP contribution in [-0.4, -0.2) is 17.7 Å². The van der Waals surface area contributed by atoms with Crippen molar-refractivity contribution >= 4 is 17.4 Å². The fourth-order valence-corrected chi connectivity index (χ4v) is 2.81. The summed E-state index contributed by atoms with van der Waals surface area (Å²) in [6, 6.07) is 5.31. The topological polar surface area (TPSA) is 74.5 Å². The van der Waals surface area contributed by atoms with Gasteiger partial charge in [0, 0.05) is 17.0 Å². The van der Waals surface area contributed by atoms with Crippen LogP contribution < -0.4 is 10.6 Å². The number of hydrogen-bond acceptors (Lipinski definition) is 4. The van der Waals surface area contributed by atoms with Crippen molar-refractivity contribution in [1.29, 1.82) is 0 Å². The first-order chi connectivity index (χ1) is 9.88. The van der Waals surface area contributed by atoms with E-state index in [2.05, 4.69) is 10.6 Å². The Morgan fingerprint density at radius 2 is 2.19 bits per heavy atom. The molecule has 0 aliphatic carbocycles. The summed E-state index contributed by atoms with van der Waals surface area (Å²) < 4.78 is 5.40. The smallest absolute Gasteiger partial charge is 0.315 e. The highest BCUT2D eigenvalue weighted by atomic mass is 32.1. The molecule has 0 aliphatic rings. The minimum atomic E-state index is -1.06. The number of nitrogens with one attached hydrogen (secondary N) is 2. The molecule has 0 radical (unpaired) electrons. The number of urea groups is 1. The minimum absolute atomic E-state index is 0.155. The third-order valence-electron chi connectivity index (χ3n) is 3.23. The fraction of sp³-hybridized carbons (Fsp3) is 0.400. The molecule has 0 spiro atoms. The molecule has 2 aromatic heterocycles. The van der Waals surface area contributed by atoms with Crippen molar-refractivity contribution in [2.45, 2.75) is 32.9 Å². The molecule has 3 N–H and O–H groups in total. The molecule has 21 heavy (non-hydrogen) atoms. The van der Waals surface area contributed by atoms with Crippen molar-refractivity contribution in [3.63, 3.8) is 0 Å². The van der Waals surface area contributed by atoms with E-state index in [-0.39, 0.29) is 12.6 Å². The lowest BCUT2D eigenvalue weighted by molar-refractivity contribution is 0.0631. The van der Waals surface area contributed by atoms with Crippen molar-refractivity contribution in [3.8, 4) is 0 Å². The van der Waals surface area contributed by atoms with Gasteiger partial charge in [0.15, 0.2) is 0 Å². The minimum Gasteiger partial charge on any atom is -0.466 e. The summed E-state index contributed by atoms with van der Waals surface area (Å²) in [7, 11) is 0. The van der Waals surface area contributed by atoms with Gasteiger partial charge in [0.2, 0.25) is 0 Å². The Labute approximate surface area is 128 Å². The summed E-state index contributed by atoms with van der Waals surface area (Å²) in [6.07, 6.45) is 0. The van der Waals surface area contributed by atoms with Crippen molar-refractivity contribution in [1.82, 2.24) is 10.6 Å². The summed E-state index contributed by atoms with van der Waals surface area (Å²) >= 11 is 1.46. The molecule has 2 amide bonds. The number of carbonyl (C=O) groups is 1. The van der Waals surface area contributed by atoms with E-state index in [1.807, 2.05) is 37.4 Å². The van der Waals surface area contributed by atoms with Gasteiger partial charge in [-0.15, -0.1) is 11.3 Å². The number of furan rings is 1. The molecule has 2 rings (SSSR count). The first kappa shape index (κ1) is 15.6. The van der Waals surface area contributed by atoms with Crippen LogP contribution in [-0.2, 0) is 12.1 Å². The maximum absolute atomic E-state index is 11.8. The fourth-order valence-electron chi connectivity index (χ4n) is 2.02. The van der Waals surface area contributed by atoms with Gasteiger partial charge in [0.1, 0.15) is 17.1 Å². The van der Waals surface area contributed by atoms with E-state index >= 15 is 0 Å². The van der Waals surface area contributed by atoms with Gasteiger partial charge in [-0.3, -0.25) is 0 Å². The van der Waals surface area contributed by atoms with Crippen LogP contribution in [0.15, 0.2) is 28.0 Å². The lowest BCUT2D eigenvalue weighted by Crippen LogP contribution is -2.42. The summed E-state index contributed by atoms with van der Waals surface area (Å²) in [4.78, 5) is 12.6. The van der Waals surface area contributed by atoms with E-state index in [4.69, 9.17) is 4.42 Å². The molecule has 2 aromatic rings. The highest BCUT2D eigenvalue weighted by molar-refractivity contribution is 7.10. The monoisotopic (exact) mass is 308 g/mol. The molecule has 5 nitrogen and oxygen atoms in total. The molecule has 0 bridgehead atoms. The van der Waals surface area contributed by atoms with E-state index in [1.165, 1.54) is 11.3 Å². The maximum Gasteiger partial charge on any atom is 0.315 e. The SMILES string of the molecule is Cc1cc(CNC(=O)NC[C@@](C)(O)c2cccs2)c(C)o1. The van der Waals surface area contributed by atoms with Gasteiger partial charge in [0.05, 0.1) is 6.54 Å². The average Bonchev–Trinajstić information content (AvgIpc) is 3.04. The molecular weight excluding hydrogens is 288 g/mol. The van der Waals surface area contributed by atoms with Gasteiger partial charge < -0.3 is 20.2 Å². The van der Waals surface area contributed by atoms with Gasteiger partial charge in [-0.05, 0) is 38.3 Å². The molecule has 0 saturated carbocycles. The first-order valence-corrected chi connectivity index (χ1v) is 7.60. The summed E-state index contributed by atoms with van der Waals surface area (Å²) in [5.74, 6) is 1.63. The van der Waals surface area contributed by atoms with Crippen LogP contribution in [0, 0.1) is 13.8 Å². The molecule has 1 atom stereocenters. The van der Waals surface area contributed by atoms with E-state index in [0.717, 1.165) is 22.0 Å². The normalized spacial score (nSPS) is 13.7. The van der Waals surface area contributed by atoms with Crippen molar-refractivity contribution in [3.05, 3.63) is 45.5 Å². The number of hydrogen-bond donors (Lipinski definition) is 3. The van der Waals surface area contributed by atoms with Crippen LogP contribution in [0.1, 0.15) is 28.9 Å². The van der Waals surface area contributed by atoms with Crippen LogP contribution in [0.2, 0.25) is 0 Å². The van der Waals surface area contributed by atoms with Gasteiger partial charge >= 0.3 is 6.03 Å². The highest BCUT2D eigenvalue weighted by Crippen LogP contribution is 2.24. The summed E-state index contributed by atoms with van der Waals surface area (Å²) in [6.45, 7) is 5.97. The quantitative estimate of drug-likeness (QED) is 0.795. The van der Waals surface area contributed by atoms with Crippen LogP contribution in [0.4, 0.5) is 4.79 Å². The lowest BCUT2D eigenvalue weighted by atomic mass is 10.1. The van der Waals surface area contributed by atoms with Crippen molar-refractivity contribution < 1.29 is 14.3 Å². The molecule has 0 aliphatic heterocycles. The third kappa shape index (κ3) is 4.09. The van der Waals surface area contributed by atoms with Crippen LogP contribution in [0.3, 0.4) is 0 Å². The Bertz CT molecular complexity index is 602. The molecule has 0 fully saturated rings. The van der Waals surface area contributed by atoms with Gasteiger partial charge in [0.25, 0.3) is 0 Å². The Balaban J connectivity index is 1.81. The maximum atomic E-state index is 11.8. The van der Waals surface area contributed by atoms with E-state index in [9.17, 15) is 9.90 Å². The number of amides is 2. The van der Waals surface area contributed by atoms with Crippen LogP contribution in [0.25, 0.3) is 0 Å². The number of rotatable bonds is 5. The van der Waals surface area contributed by atoms with Gasteiger partial charge in [-0.2, -0.15) is 0 Å². The van der Waals surface area contributed by atoms with E-state index in [1.54, 1.807) is 6.92 Å². The van der Waals surface area contributed by atoms with Gasteiger partial charge in [-0.1, -0.05) is 6.07 Å². The Hall–Kier alpha value is -1.79.